The van der Waals surface area contributed by atoms with Gasteiger partial charge in [-0.05, 0) is 49.9 Å². The smallest absolute Gasteiger partial charge is 0.317 e. The first-order valence-electron chi connectivity index (χ1n) is 5.73. The Kier molecular flexibility index (Phi) is 4.99. The fourth-order valence-electron chi connectivity index (χ4n) is 2.27. The molecule has 0 aromatic carbocycles. The van der Waals surface area contributed by atoms with Crippen LogP contribution >= 0.6 is 12.4 Å². The van der Waals surface area contributed by atoms with Crippen molar-refractivity contribution in [1.29, 1.82) is 0 Å². The number of rotatable bonds is 1. The second kappa shape index (κ2) is 5.89. The Hall–Kier alpha value is -0.810. The van der Waals surface area contributed by atoms with E-state index in [4.69, 9.17) is 0 Å². The van der Waals surface area contributed by atoms with E-state index in [2.05, 4.69) is 10.3 Å². The molecular weight excluding hydrogens is 265 g/mol. The van der Waals surface area contributed by atoms with Crippen molar-refractivity contribution < 1.29 is 13.2 Å². The van der Waals surface area contributed by atoms with Gasteiger partial charge < -0.3 is 5.32 Å². The van der Waals surface area contributed by atoms with Crippen LogP contribution in [0.25, 0.3) is 0 Å². The van der Waals surface area contributed by atoms with Crippen molar-refractivity contribution in [2.24, 2.45) is 0 Å². The molecule has 1 N–H and O–H groups in total. The Morgan fingerprint density at radius 3 is 2.39 bits per heavy atom. The summed E-state index contributed by atoms with van der Waals surface area (Å²) in [6, 6.07) is 1.63. The lowest BCUT2D eigenvalue weighted by molar-refractivity contribution is -0.141. The molecule has 1 aliphatic rings. The molecule has 1 fully saturated rings. The molecule has 0 radical (unpaired) electrons. The first kappa shape index (κ1) is 15.2. The van der Waals surface area contributed by atoms with Crippen LogP contribution in [0.3, 0.4) is 0 Å². The molecule has 0 unspecified atom stereocenters. The van der Waals surface area contributed by atoms with Crippen molar-refractivity contribution in [3.8, 4) is 0 Å². The molecule has 0 spiro atoms. The topological polar surface area (TPSA) is 24.9 Å². The SMILES string of the molecule is Cc1cc(C2CCNCC2)cnc1C(F)(F)F.Cl. The molecule has 0 bridgehead atoms. The van der Waals surface area contributed by atoms with Crippen LogP contribution in [-0.4, -0.2) is 18.1 Å². The molecule has 1 saturated heterocycles. The van der Waals surface area contributed by atoms with Gasteiger partial charge in [0.25, 0.3) is 0 Å². The zero-order valence-corrected chi connectivity index (χ0v) is 10.9. The van der Waals surface area contributed by atoms with Gasteiger partial charge in [-0.3, -0.25) is 4.98 Å². The van der Waals surface area contributed by atoms with Gasteiger partial charge in [0.1, 0.15) is 5.69 Å². The molecule has 0 atom stereocenters. The number of aromatic nitrogens is 1. The summed E-state index contributed by atoms with van der Waals surface area (Å²) in [6.07, 6.45) is -1.04. The monoisotopic (exact) mass is 280 g/mol. The molecular formula is C12H16ClF3N2. The fraction of sp³-hybridized carbons (Fsp3) is 0.583. The van der Waals surface area contributed by atoms with Gasteiger partial charge in [0.05, 0.1) is 0 Å². The summed E-state index contributed by atoms with van der Waals surface area (Å²) in [5.74, 6) is 0.338. The van der Waals surface area contributed by atoms with Crippen molar-refractivity contribution in [3.63, 3.8) is 0 Å². The number of aryl methyl sites for hydroxylation is 1. The zero-order chi connectivity index (χ0) is 12.5. The van der Waals surface area contributed by atoms with Crippen LogP contribution in [0.2, 0.25) is 0 Å². The van der Waals surface area contributed by atoms with E-state index in [9.17, 15) is 13.2 Å². The Labute approximate surface area is 110 Å². The third-order valence-corrected chi connectivity index (χ3v) is 3.18. The van der Waals surface area contributed by atoms with Crippen molar-refractivity contribution in [2.75, 3.05) is 13.1 Å². The maximum absolute atomic E-state index is 12.6. The van der Waals surface area contributed by atoms with Crippen LogP contribution in [0.15, 0.2) is 12.3 Å². The summed E-state index contributed by atoms with van der Waals surface area (Å²) < 4.78 is 37.7. The fourth-order valence-corrected chi connectivity index (χ4v) is 2.27. The molecule has 0 amide bonds. The van der Waals surface area contributed by atoms with E-state index in [0.717, 1.165) is 31.5 Å². The second-order valence-corrected chi connectivity index (χ2v) is 4.46. The summed E-state index contributed by atoms with van der Waals surface area (Å²) in [5.41, 5.74) is 0.376. The van der Waals surface area contributed by atoms with E-state index in [1.165, 1.54) is 13.1 Å². The summed E-state index contributed by atoms with van der Waals surface area (Å²) >= 11 is 0. The largest absolute Gasteiger partial charge is 0.433 e. The number of alkyl halides is 3. The molecule has 2 rings (SSSR count). The van der Waals surface area contributed by atoms with E-state index in [1.807, 2.05) is 0 Å². The molecule has 0 saturated carbocycles. The zero-order valence-electron chi connectivity index (χ0n) is 10.0. The Morgan fingerprint density at radius 1 is 1.28 bits per heavy atom. The molecule has 1 aromatic heterocycles. The summed E-state index contributed by atoms with van der Waals surface area (Å²) in [6.45, 7) is 3.32. The summed E-state index contributed by atoms with van der Waals surface area (Å²) in [7, 11) is 0. The second-order valence-electron chi connectivity index (χ2n) is 4.46. The highest BCUT2D eigenvalue weighted by Gasteiger charge is 2.34. The lowest BCUT2D eigenvalue weighted by Gasteiger charge is -2.23. The van der Waals surface area contributed by atoms with Crippen LogP contribution in [-0.2, 0) is 6.18 Å². The van der Waals surface area contributed by atoms with Crippen LogP contribution in [0.1, 0.15) is 35.6 Å². The number of hydrogen-bond acceptors (Lipinski definition) is 2. The van der Waals surface area contributed by atoms with Crippen molar-refractivity contribution in [1.82, 2.24) is 10.3 Å². The lowest BCUT2D eigenvalue weighted by Crippen LogP contribution is -2.26. The Balaban J connectivity index is 0.00000162. The average molecular weight is 281 g/mol. The van der Waals surface area contributed by atoms with Crippen LogP contribution in [0.4, 0.5) is 13.2 Å². The van der Waals surface area contributed by atoms with Crippen LogP contribution < -0.4 is 5.32 Å². The van der Waals surface area contributed by atoms with E-state index in [-0.39, 0.29) is 18.0 Å². The highest BCUT2D eigenvalue weighted by Crippen LogP contribution is 2.32. The predicted molar refractivity (Wildman–Crippen MR) is 66.1 cm³/mol. The molecule has 0 aliphatic carbocycles. The van der Waals surface area contributed by atoms with Gasteiger partial charge in [-0.1, -0.05) is 6.07 Å². The number of nitrogens with zero attached hydrogens (tertiary/aromatic N) is 1. The maximum Gasteiger partial charge on any atom is 0.433 e. The van der Waals surface area contributed by atoms with Gasteiger partial charge in [0.15, 0.2) is 0 Å². The quantitative estimate of drug-likeness (QED) is 0.854. The first-order valence-corrected chi connectivity index (χ1v) is 5.73. The highest BCUT2D eigenvalue weighted by atomic mass is 35.5. The first-order chi connectivity index (χ1) is 7.98. The molecule has 18 heavy (non-hydrogen) atoms. The number of piperidine rings is 1. The van der Waals surface area contributed by atoms with Gasteiger partial charge >= 0.3 is 6.18 Å². The number of hydrogen-bond donors (Lipinski definition) is 1. The minimum absolute atomic E-state index is 0. The van der Waals surface area contributed by atoms with E-state index >= 15 is 0 Å². The molecule has 2 nitrogen and oxygen atoms in total. The Morgan fingerprint density at radius 2 is 1.89 bits per heavy atom. The van der Waals surface area contributed by atoms with Crippen molar-refractivity contribution in [3.05, 3.63) is 29.1 Å². The summed E-state index contributed by atoms with van der Waals surface area (Å²) in [4.78, 5) is 3.58. The average Bonchev–Trinajstić information content (AvgIpc) is 2.28. The Bertz CT molecular complexity index is 401. The van der Waals surface area contributed by atoms with Gasteiger partial charge in [0, 0.05) is 6.20 Å². The van der Waals surface area contributed by atoms with E-state index in [0.29, 0.717) is 5.92 Å². The minimum Gasteiger partial charge on any atom is -0.317 e. The number of nitrogens with one attached hydrogen (secondary N) is 1. The van der Waals surface area contributed by atoms with Gasteiger partial charge in [-0.2, -0.15) is 13.2 Å². The van der Waals surface area contributed by atoms with Crippen molar-refractivity contribution in [2.45, 2.75) is 31.9 Å². The number of pyridine rings is 1. The summed E-state index contributed by atoms with van der Waals surface area (Å²) in [5, 5.41) is 3.23. The molecule has 1 aromatic rings. The van der Waals surface area contributed by atoms with E-state index < -0.39 is 11.9 Å². The van der Waals surface area contributed by atoms with Crippen molar-refractivity contribution >= 4 is 12.4 Å². The van der Waals surface area contributed by atoms with E-state index in [1.54, 1.807) is 6.07 Å². The molecule has 102 valence electrons. The van der Waals surface area contributed by atoms with Gasteiger partial charge in [-0.25, -0.2) is 0 Å². The molecule has 2 heterocycles. The lowest BCUT2D eigenvalue weighted by atomic mass is 9.90. The highest BCUT2D eigenvalue weighted by molar-refractivity contribution is 5.85. The number of halogens is 4. The van der Waals surface area contributed by atoms with Crippen LogP contribution in [0, 0.1) is 6.92 Å². The molecule has 1 aliphatic heterocycles. The molecule has 6 heteroatoms. The van der Waals surface area contributed by atoms with Gasteiger partial charge in [0.2, 0.25) is 0 Å². The standard InChI is InChI=1S/C12H15F3N2.ClH/c1-8-6-10(9-2-4-16-5-3-9)7-17-11(8)12(13,14)15;/h6-7,9,16H,2-5H2,1H3;1H. The van der Waals surface area contributed by atoms with Gasteiger partial charge in [-0.15, -0.1) is 12.4 Å². The van der Waals surface area contributed by atoms with Crippen LogP contribution in [0.5, 0.6) is 0 Å². The maximum atomic E-state index is 12.6. The third-order valence-electron chi connectivity index (χ3n) is 3.18. The predicted octanol–water partition coefficient (Wildman–Crippen LogP) is 3.30. The third kappa shape index (κ3) is 3.36. The normalized spacial score (nSPS) is 17.3. The minimum atomic E-state index is -4.35.